The van der Waals surface area contributed by atoms with E-state index in [0.29, 0.717) is 28.7 Å². The van der Waals surface area contributed by atoms with Crippen LogP contribution in [0.1, 0.15) is 44.5 Å². The quantitative estimate of drug-likeness (QED) is 0.278. The summed E-state index contributed by atoms with van der Waals surface area (Å²) in [4.78, 5) is 37.9. The number of aryl methyl sites for hydroxylation is 2. The highest BCUT2D eigenvalue weighted by atomic mass is 35.5. The van der Waals surface area contributed by atoms with E-state index in [1.54, 1.807) is 35.2 Å². The minimum Gasteiger partial charge on any atom is -0.459 e. The molecule has 3 unspecified atom stereocenters. The van der Waals surface area contributed by atoms with Gasteiger partial charge in [-0.05, 0) is 38.1 Å². The van der Waals surface area contributed by atoms with Gasteiger partial charge in [-0.25, -0.2) is 24.5 Å². The number of esters is 2. The Bertz CT molecular complexity index is 1400. The molecule has 1 aliphatic rings. The summed E-state index contributed by atoms with van der Waals surface area (Å²) in [6.07, 6.45) is 1.19. The Kier molecular flexibility index (Phi) is 6.67. The predicted octanol–water partition coefficient (Wildman–Crippen LogP) is 4.47. The molecule has 5 rings (SSSR count). The molecule has 0 spiro atoms. The van der Waals surface area contributed by atoms with Crippen LogP contribution in [0.25, 0.3) is 11.2 Å². The fourth-order valence-electron chi connectivity index (χ4n) is 4.03. The largest absolute Gasteiger partial charge is 0.459 e. The van der Waals surface area contributed by atoms with Gasteiger partial charge < -0.3 is 14.2 Å². The highest BCUT2D eigenvalue weighted by Crippen LogP contribution is 2.34. The van der Waals surface area contributed by atoms with E-state index >= 15 is 0 Å². The van der Waals surface area contributed by atoms with Gasteiger partial charge in [0, 0.05) is 6.42 Å². The van der Waals surface area contributed by atoms with E-state index in [1.165, 1.54) is 6.33 Å². The van der Waals surface area contributed by atoms with Gasteiger partial charge in [0.05, 0.1) is 17.5 Å². The Morgan fingerprint density at radius 2 is 1.61 bits per heavy atom. The van der Waals surface area contributed by atoms with Crippen LogP contribution in [0.2, 0.25) is 5.15 Å². The molecular formula is C26H23ClN4O5. The number of halogens is 1. The van der Waals surface area contributed by atoms with Crippen molar-refractivity contribution in [2.75, 3.05) is 6.61 Å². The first-order valence-electron chi connectivity index (χ1n) is 11.4. The van der Waals surface area contributed by atoms with Gasteiger partial charge in [0.2, 0.25) is 0 Å². The van der Waals surface area contributed by atoms with E-state index in [-0.39, 0.29) is 11.8 Å². The number of fused-ring (bicyclic) bond motifs is 1. The van der Waals surface area contributed by atoms with Crippen LogP contribution in [0, 0.1) is 13.8 Å². The molecule has 3 atom stereocenters. The number of aromatic nitrogens is 4. The van der Waals surface area contributed by atoms with Crippen molar-refractivity contribution in [1.82, 2.24) is 19.5 Å². The lowest BCUT2D eigenvalue weighted by Crippen LogP contribution is -2.32. The van der Waals surface area contributed by atoms with Gasteiger partial charge in [-0.3, -0.25) is 4.57 Å². The second kappa shape index (κ2) is 10.0. The molecule has 36 heavy (non-hydrogen) atoms. The second-order valence-electron chi connectivity index (χ2n) is 8.63. The van der Waals surface area contributed by atoms with E-state index in [1.807, 2.05) is 38.1 Å². The molecule has 10 heteroatoms. The van der Waals surface area contributed by atoms with Crippen molar-refractivity contribution in [3.63, 3.8) is 0 Å². The molecule has 0 aliphatic carbocycles. The van der Waals surface area contributed by atoms with Crippen molar-refractivity contribution in [2.45, 2.75) is 38.7 Å². The third-order valence-corrected chi connectivity index (χ3v) is 6.30. The maximum absolute atomic E-state index is 12.9. The number of hydrogen-bond donors (Lipinski definition) is 0. The van der Waals surface area contributed by atoms with Crippen molar-refractivity contribution in [3.8, 4) is 0 Å². The highest BCUT2D eigenvalue weighted by molar-refractivity contribution is 6.33. The Morgan fingerprint density at radius 1 is 0.972 bits per heavy atom. The third-order valence-electron chi connectivity index (χ3n) is 6.02. The van der Waals surface area contributed by atoms with E-state index in [0.717, 1.165) is 11.1 Å². The Labute approximate surface area is 212 Å². The number of carbonyl (C=O) groups excluding carboxylic acids is 2. The molecule has 1 aliphatic heterocycles. The maximum atomic E-state index is 12.9. The van der Waals surface area contributed by atoms with E-state index in [2.05, 4.69) is 15.0 Å². The molecule has 9 nitrogen and oxygen atoms in total. The first-order valence-corrected chi connectivity index (χ1v) is 11.8. The molecular weight excluding hydrogens is 484 g/mol. The fourth-order valence-corrected chi connectivity index (χ4v) is 4.26. The first-order chi connectivity index (χ1) is 17.4. The van der Waals surface area contributed by atoms with E-state index in [9.17, 15) is 9.59 Å². The van der Waals surface area contributed by atoms with E-state index < -0.39 is 30.4 Å². The van der Waals surface area contributed by atoms with Gasteiger partial charge in [0.1, 0.15) is 36.9 Å². The molecule has 1 saturated heterocycles. The molecule has 0 radical (unpaired) electrons. The average molecular weight is 507 g/mol. The number of rotatable bonds is 6. The van der Waals surface area contributed by atoms with Crippen LogP contribution in [-0.2, 0) is 14.2 Å². The Hall–Kier alpha value is -3.82. The van der Waals surface area contributed by atoms with Gasteiger partial charge in [0.15, 0.2) is 10.8 Å². The van der Waals surface area contributed by atoms with Crippen molar-refractivity contribution >= 4 is 34.7 Å². The van der Waals surface area contributed by atoms with Crippen LogP contribution >= 0.6 is 11.6 Å². The summed E-state index contributed by atoms with van der Waals surface area (Å²) in [5, 5.41) is 0.226. The number of imidazole rings is 1. The molecule has 2 aromatic heterocycles. The molecule has 0 amide bonds. The van der Waals surface area contributed by atoms with Crippen molar-refractivity contribution < 1.29 is 23.8 Å². The van der Waals surface area contributed by atoms with Crippen LogP contribution in [0.3, 0.4) is 0 Å². The van der Waals surface area contributed by atoms with Crippen molar-refractivity contribution in [2.24, 2.45) is 0 Å². The lowest BCUT2D eigenvalue weighted by atomic mass is 10.1. The summed E-state index contributed by atoms with van der Waals surface area (Å²) in [5.74, 6) is -0.980. The van der Waals surface area contributed by atoms with Gasteiger partial charge in [-0.15, -0.1) is 0 Å². The Balaban J connectivity index is 1.36. The molecule has 0 saturated carbocycles. The topological polar surface area (TPSA) is 105 Å². The molecule has 1 fully saturated rings. The zero-order valence-electron chi connectivity index (χ0n) is 19.6. The summed E-state index contributed by atoms with van der Waals surface area (Å²) in [6.45, 7) is 3.77. The lowest BCUT2D eigenvalue weighted by Gasteiger charge is -2.19. The maximum Gasteiger partial charge on any atom is 0.338 e. The molecule has 3 heterocycles. The minimum absolute atomic E-state index is 0.105. The van der Waals surface area contributed by atoms with Crippen LogP contribution in [0.4, 0.5) is 0 Å². The number of carbonyl (C=O) groups is 2. The van der Waals surface area contributed by atoms with Gasteiger partial charge >= 0.3 is 11.9 Å². The fraction of sp³-hybridized carbons (Fsp3) is 0.269. The molecule has 2 aromatic carbocycles. The first kappa shape index (κ1) is 23.9. The zero-order valence-corrected chi connectivity index (χ0v) is 20.4. The molecule has 0 N–H and O–H groups in total. The molecule has 0 bridgehead atoms. The van der Waals surface area contributed by atoms with Crippen LogP contribution < -0.4 is 0 Å². The summed E-state index contributed by atoms with van der Waals surface area (Å²) in [6, 6.07) is 14.2. The number of hydrogen-bond acceptors (Lipinski definition) is 8. The predicted molar refractivity (Wildman–Crippen MR) is 131 cm³/mol. The van der Waals surface area contributed by atoms with Crippen molar-refractivity contribution in [1.29, 1.82) is 0 Å². The summed E-state index contributed by atoms with van der Waals surface area (Å²) in [5.41, 5.74) is 3.83. The van der Waals surface area contributed by atoms with Crippen LogP contribution in [0.5, 0.6) is 0 Å². The SMILES string of the molecule is Cc1ccc(C(=O)OCC2OC(n3cnc4ncnc(Cl)c43)CC2OC(=O)c2ccc(C)cc2)cc1. The Morgan fingerprint density at radius 3 is 2.28 bits per heavy atom. The van der Waals surface area contributed by atoms with Gasteiger partial charge in [-0.1, -0.05) is 47.0 Å². The second-order valence-corrected chi connectivity index (χ2v) is 8.99. The smallest absolute Gasteiger partial charge is 0.338 e. The minimum atomic E-state index is -0.709. The van der Waals surface area contributed by atoms with E-state index in [4.69, 9.17) is 25.8 Å². The standard InChI is InChI=1S/C26H23ClN4O5/c1-15-3-7-17(8-4-15)25(32)34-12-20-19(36-26(33)18-9-5-16(2)6-10-18)11-21(35-20)31-14-30-24-22(31)23(27)28-13-29-24/h3-10,13-14,19-21H,11-12H2,1-2H3. The zero-order chi connectivity index (χ0) is 25.2. The molecule has 184 valence electrons. The summed E-state index contributed by atoms with van der Waals surface area (Å²) < 4.78 is 19.2. The number of ether oxygens (including phenoxy) is 3. The van der Waals surface area contributed by atoms with Gasteiger partial charge in [-0.2, -0.15) is 0 Å². The third kappa shape index (κ3) is 4.93. The normalized spacial score (nSPS) is 19.4. The summed E-state index contributed by atoms with van der Waals surface area (Å²) >= 11 is 6.29. The lowest BCUT2D eigenvalue weighted by molar-refractivity contribution is -0.0562. The van der Waals surface area contributed by atoms with Crippen LogP contribution in [-0.4, -0.2) is 50.3 Å². The monoisotopic (exact) mass is 506 g/mol. The molecule has 4 aromatic rings. The van der Waals surface area contributed by atoms with Crippen molar-refractivity contribution in [3.05, 3.63) is 88.6 Å². The number of benzene rings is 2. The highest BCUT2D eigenvalue weighted by Gasteiger charge is 2.40. The summed E-state index contributed by atoms with van der Waals surface area (Å²) in [7, 11) is 0. The van der Waals surface area contributed by atoms with Crippen LogP contribution in [0.15, 0.2) is 61.2 Å². The number of nitrogens with zero attached hydrogens (tertiary/aromatic N) is 4. The average Bonchev–Trinajstić information content (AvgIpc) is 3.48. The van der Waals surface area contributed by atoms with Gasteiger partial charge in [0.25, 0.3) is 0 Å².